The smallest absolute Gasteiger partial charge is 0.310 e. The second-order valence-electron chi connectivity index (χ2n) is 3.04. The van der Waals surface area contributed by atoms with Crippen molar-refractivity contribution in [2.24, 2.45) is 0 Å². The Morgan fingerprint density at radius 2 is 2.29 bits per heavy atom. The van der Waals surface area contributed by atoms with Crippen molar-refractivity contribution >= 4 is 23.3 Å². The number of hydrogen-bond donors (Lipinski definition) is 0. The van der Waals surface area contributed by atoms with Crippen molar-refractivity contribution in [1.29, 1.82) is 5.26 Å². The standard InChI is InChI=1S/C10H7ClN2O4/c1-17-10(14)4-6-7(5-12)8(11)2-3-9(6)13(15)16/h2-3H,4H2,1H3. The van der Waals surface area contributed by atoms with E-state index in [0.29, 0.717) is 0 Å². The lowest BCUT2D eigenvalue weighted by atomic mass is 10.0. The zero-order valence-electron chi connectivity index (χ0n) is 8.77. The van der Waals surface area contributed by atoms with E-state index >= 15 is 0 Å². The molecule has 0 aliphatic carbocycles. The third-order valence-corrected chi connectivity index (χ3v) is 2.41. The molecule has 0 aromatic heterocycles. The van der Waals surface area contributed by atoms with Crippen LogP contribution in [0.15, 0.2) is 12.1 Å². The monoisotopic (exact) mass is 254 g/mol. The highest BCUT2D eigenvalue weighted by Gasteiger charge is 2.22. The topological polar surface area (TPSA) is 93.2 Å². The summed E-state index contributed by atoms with van der Waals surface area (Å²) in [5.74, 6) is -0.674. The summed E-state index contributed by atoms with van der Waals surface area (Å²) in [7, 11) is 1.16. The summed E-state index contributed by atoms with van der Waals surface area (Å²) in [6.07, 6.45) is -0.365. The molecule has 0 aliphatic heterocycles. The second kappa shape index (κ2) is 5.27. The molecule has 1 aromatic rings. The number of ether oxygens (including phenoxy) is 1. The molecule has 0 atom stereocenters. The minimum Gasteiger partial charge on any atom is -0.469 e. The van der Waals surface area contributed by atoms with E-state index in [2.05, 4.69) is 4.74 Å². The van der Waals surface area contributed by atoms with Gasteiger partial charge in [-0.2, -0.15) is 5.26 Å². The molecule has 0 radical (unpaired) electrons. The fourth-order valence-corrected chi connectivity index (χ4v) is 1.51. The van der Waals surface area contributed by atoms with Gasteiger partial charge in [-0.3, -0.25) is 14.9 Å². The molecule has 0 heterocycles. The number of carbonyl (C=O) groups excluding carboxylic acids is 1. The Kier molecular flexibility index (Phi) is 4.01. The number of carbonyl (C=O) groups is 1. The van der Waals surface area contributed by atoms with Crippen LogP contribution in [-0.4, -0.2) is 18.0 Å². The first-order chi connectivity index (χ1) is 8.01. The Bertz CT molecular complexity index is 522. The zero-order chi connectivity index (χ0) is 13.0. The van der Waals surface area contributed by atoms with Gasteiger partial charge in [0.1, 0.15) is 6.07 Å². The molecule has 0 amide bonds. The van der Waals surface area contributed by atoms with Gasteiger partial charge in [-0.25, -0.2) is 0 Å². The second-order valence-corrected chi connectivity index (χ2v) is 3.45. The first kappa shape index (κ1) is 12.9. The van der Waals surface area contributed by atoms with Crippen LogP contribution < -0.4 is 0 Å². The highest BCUT2D eigenvalue weighted by molar-refractivity contribution is 6.32. The number of halogens is 1. The maximum Gasteiger partial charge on any atom is 0.310 e. The van der Waals surface area contributed by atoms with Crippen LogP contribution in [0, 0.1) is 21.4 Å². The van der Waals surface area contributed by atoms with Crippen molar-refractivity contribution in [3.05, 3.63) is 38.4 Å². The number of nitro benzene ring substituents is 1. The van der Waals surface area contributed by atoms with Crippen molar-refractivity contribution in [2.75, 3.05) is 7.11 Å². The third kappa shape index (κ3) is 2.71. The molecule has 0 unspecified atom stereocenters. The maximum absolute atomic E-state index is 11.1. The molecule has 1 aromatic carbocycles. The van der Waals surface area contributed by atoms with E-state index in [1.807, 2.05) is 0 Å². The number of nitriles is 1. The molecule has 17 heavy (non-hydrogen) atoms. The van der Waals surface area contributed by atoms with E-state index in [4.69, 9.17) is 16.9 Å². The Hall–Kier alpha value is -2.13. The van der Waals surface area contributed by atoms with Gasteiger partial charge < -0.3 is 4.74 Å². The van der Waals surface area contributed by atoms with Crippen LogP contribution in [0.25, 0.3) is 0 Å². The molecule has 1 rings (SSSR count). The van der Waals surface area contributed by atoms with E-state index in [-0.39, 0.29) is 28.3 Å². The molecule has 0 bridgehead atoms. The zero-order valence-corrected chi connectivity index (χ0v) is 9.52. The van der Waals surface area contributed by atoms with Gasteiger partial charge in [0, 0.05) is 6.07 Å². The van der Waals surface area contributed by atoms with Gasteiger partial charge in [0.15, 0.2) is 0 Å². The van der Waals surface area contributed by atoms with Gasteiger partial charge in [-0.05, 0) is 6.07 Å². The van der Waals surface area contributed by atoms with Crippen LogP contribution in [0.1, 0.15) is 11.1 Å². The number of nitrogens with zero attached hydrogens (tertiary/aromatic N) is 2. The summed E-state index contributed by atoms with van der Waals surface area (Å²) in [4.78, 5) is 21.2. The molecular weight excluding hydrogens is 248 g/mol. The highest BCUT2D eigenvalue weighted by atomic mass is 35.5. The van der Waals surface area contributed by atoms with E-state index in [9.17, 15) is 14.9 Å². The average Bonchev–Trinajstić information content (AvgIpc) is 2.28. The van der Waals surface area contributed by atoms with Gasteiger partial charge in [-0.15, -0.1) is 0 Å². The number of rotatable bonds is 3. The number of nitro groups is 1. The largest absolute Gasteiger partial charge is 0.469 e. The van der Waals surface area contributed by atoms with E-state index in [1.165, 1.54) is 6.07 Å². The molecule has 0 spiro atoms. The quantitative estimate of drug-likeness (QED) is 0.466. The third-order valence-electron chi connectivity index (χ3n) is 2.09. The maximum atomic E-state index is 11.1. The lowest BCUT2D eigenvalue weighted by Crippen LogP contribution is -2.09. The van der Waals surface area contributed by atoms with Crippen LogP contribution in [0.5, 0.6) is 0 Å². The normalized spacial score (nSPS) is 9.47. The number of hydrogen-bond acceptors (Lipinski definition) is 5. The van der Waals surface area contributed by atoms with Gasteiger partial charge in [-0.1, -0.05) is 11.6 Å². The van der Waals surface area contributed by atoms with Crippen molar-refractivity contribution in [3.8, 4) is 6.07 Å². The van der Waals surface area contributed by atoms with Crippen LogP contribution in [0.3, 0.4) is 0 Å². The van der Waals surface area contributed by atoms with Gasteiger partial charge in [0.25, 0.3) is 5.69 Å². The molecule has 88 valence electrons. The summed E-state index contributed by atoms with van der Waals surface area (Å²) >= 11 is 5.74. The van der Waals surface area contributed by atoms with Gasteiger partial charge in [0.2, 0.25) is 0 Å². The van der Waals surface area contributed by atoms with Crippen LogP contribution >= 0.6 is 11.6 Å². The van der Waals surface area contributed by atoms with E-state index in [0.717, 1.165) is 13.2 Å². The molecule has 0 saturated heterocycles. The van der Waals surface area contributed by atoms with Crippen LogP contribution in [0.4, 0.5) is 5.69 Å². The fraction of sp³-hybridized carbons (Fsp3) is 0.200. The van der Waals surface area contributed by atoms with Crippen LogP contribution in [0.2, 0.25) is 5.02 Å². The summed E-state index contributed by atoms with van der Waals surface area (Å²) < 4.78 is 4.41. The first-order valence-corrected chi connectivity index (χ1v) is 4.81. The molecule has 6 nitrogen and oxygen atoms in total. The van der Waals surface area contributed by atoms with Crippen LogP contribution in [-0.2, 0) is 16.0 Å². The molecule has 0 saturated carbocycles. The summed E-state index contributed by atoms with van der Waals surface area (Å²) in [6.45, 7) is 0. The van der Waals surface area contributed by atoms with Crippen molar-refractivity contribution in [2.45, 2.75) is 6.42 Å². The molecular formula is C10H7ClN2O4. The minimum atomic E-state index is -0.674. The molecule has 0 fully saturated rings. The number of esters is 1. The van der Waals surface area contributed by atoms with Crippen molar-refractivity contribution in [3.63, 3.8) is 0 Å². The van der Waals surface area contributed by atoms with E-state index in [1.54, 1.807) is 6.07 Å². The summed E-state index contributed by atoms with van der Waals surface area (Å²) in [6, 6.07) is 4.15. The summed E-state index contributed by atoms with van der Waals surface area (Å²) in [5, 5.41) is 19.7. The van der Waals surface area contributed by atoms with Gasteiger partial charge in [0.05, 0.1) is 34.6 Å². The van der Waals surface area contributed by atoms with Crippen molar-refractivity contribution < 1.29 is 14.5 Å². The fourth-order valence-electron chi connectivity index (χ4n) is 1.30. The lowest BCUT2D eigenvalue weighted by Gasteiger charge is -2.05. The molecule has 0 N–H and O–H groups in total. The Morgan fingerprint density at radius 3 is 2.76 bits per heavy atom. The van der Waals surface area contributed by atoms with E-state index < -0.39 is 10.9 Å². The molecule has 7 heteroatoms. The predicted molar refractivity (Wildman–Crippen MR) is 58.5 cm³/mol. The number of methoxy groups -OCH3 is 1. The highest BCUT2D eigenvalue weighted by Crippen LogP contribution is 2.28. The first-order valence-electron chi connectivity index (χ1n) is 4.44. The lowest BCUT2D eigenvalue weighted by molar-refractivity contribution is -0.385. The van der Waals surface area contributed by atoms with Crippen molar-refractivity contribution in [1.82, 2.24) is 0 Å². The number of benzene rings is 1. The average molecular weight is 255 g/mol. The summed E-state index contributed by atoms with van der Waals surface area (Å²) in [5.41, 5.74) is -0.431. The predicted octanol–water partition coefficient (Wildman–Crippen LogP) is 1.84. The SMILES string of the molecule is COC(=O)Cc1c([N+](=O)[O-])ccc(Cl)c1C#N. The minimum absolute atomic E-state index is 0.0307. The Labute approximate surface area is 102 Å². The Balaban J connectivity index is 3.40. The van der Waals surface area contributed by atoms with Gasteiger partial charge >= 0.3 is 5.97 Å². The molecule has 0 aliphatic rings. The Morgan fingerprint density at radius 1 is 1.65 bits per heavy atom.